The van der Waals surface area contributed by atoms with E-state index in [1.54, 1.807) is 0 Å². The molecule has 2 amide bonds. The number of hydrogen-bond donors (Lipinski definition) is 1. The summed E-state index contributed by atoms with van der Waals surface area (Å²) in [5, 5.41) is 3.95. The van der Waals surface area contributed by atoms with Gasteiger partial charge in [0.2, 0.25) is 11.8 Å². The van der Waals surface area contributed by atoms with E-state index in [2.05, 4.69) is 10.2 Å². The van der Waals surface area contributed by atoms with Crippen LogP contribution in [0.5, 0.6) is 0 Å². The van der Waals surface area contributed by atoms with Gasteiger partial charge in [0, 0.05) is 63.8 Å². The van der Waals surface area contributed by atoms with Crippen molar-refractivity contribution in [3.8, 4) is 0 Å². The topological polar surface area (TPSA) is 55.9 Å². The summed E-state index contributed by atoms with van der Waals surface area (Å²) < 4.78 is 0. The highest BCUT2D eigenvalue weighted by Crippen LogP contribution is 2.14. The third-order valence-electron chi connectivity index (χ3n) is 4.80. The number of nitrogens with zero attached hydrogens (tertiary/aromatic N) is 3. The predicted octanol–water partition coefficient (Wildman–Crippen LogP) is 1.23. The summed E-state index contributed by atoms with van der Waals surface area (Å²) in [6, 6.07) is 7.60. The van der Waals surface area contributed by atoms with Crippen LogP contribution >= 0.6 is 24.0 Å². The number of benzene rings is 1. The van der Waals surface area contributed by atoms with Crippen molar-refractivity contribution in [1.82, 2.24) is 20.0 Å². The molecule has 8 heteroatoms. The molecular formula is C18H26Cl2N4O2. The summed E-state index contributed by atoms with van der Waals surface area (Å²) in [6.45, 7) is 6.48. The van der Waals surface area contributed by atoms with Crippen LogP contribution in [0.15, 0.2) is 24.3 Å². The van der Waals surface area contributed by atoms with Crippen molar-refractivity contribution in [3.05, 3.63) is 34.9 Å². The van der Waals surface area contributed by atoms with Gasteiger partial charge in [-0.1, -0.05) is 23.7 Å². The highest BCUT2D eigenvalue weighted by Gasteiger charge is 2.25. The first-order valence-corrected chi connectivity index (χ1v) is 9.23. The van der Waals surface area contributed by atoms with Crippen LogP contribution in [0.4, 0.5) is 0 Å². The summed E-state index contributed by atoms with van der Waals surface area (Å²) in [4.78, 5) is 30.5. The van der Waals surface area contributed by atoms with E-state index in [0.717, 1.165) is 38.3 Å². The molecule has 26 heavy (non-hydrogen) atoms. The van der Waals surface area contributed by atoms with Crippen LogP contribution < -0.4 is 5.32 Å². The minimum absolute atomic E-state index is 0. The monoisotopic (exact) mass is 400 g/mol. The second kappa shape index (κ2) is 10.1. The fourth-order valence-corrected chi connectivity index (χ4v) is 3.38. The summed E-state index contributed by atoms with van der Waals surface area (Å²) in [7, 11) is 0. The Kier molecular flexibility index (Phi) is 8.15. The molecule has 1 N–H and O–H groups in total. The van der Waals surface area contributed by atoms with Crippen molar-refractivity contribution in [2.24, 2.45) is 0 Å². The van der Waals surface area contributed by atoms with Crippen LogP contribution in [0.2, 0.25) is 5.02 Å². The lowest BCUT2D eigenvalue weighted by atomic mass is 10.2. The van der Waals surface area contributed by atoms with Crippen LogP contribution in [-0.2, 0) is 16.1 Å². The Hall–Kier alpha value is -1.34. The van der Waals surface area contributed by atoms with Gasteiger partial charge in [0.15, 0.2) is 0 Å². The third kappa shape index (κ3) is 5.84. The van der Waals surface area contributed by atoms with Gasteiger partial charge in [-0.3, -0.25) is 14.5 Å². The zero-order valence-electron chi connectivity index (χ0n) is 14.8. The quantitative estimate of drug-likeness (QED) is 0.807. The van der Waals surface area contributed by atoms with Gasteiger partial charge in [-0.2, -0.15) is 0 Å². The Balaban J connectivity index is 0.00000243. The first kappa shape index (κ1) is 21.0. The smallest absolute Gasteiger partial charge is 0.237 e. The molecule has 0 unspecified atom stereocenters. The van der Waals surface area contributed by atoms with E-state index >= 15 is 0 Å². The Morgan fingerprint density at radius 1 is 1.08 bits per heavy atom. The molecule has 0 aromatic heterocycles. The van der Waals surface area contributed by atoms with Crippen LogP contribution in [0.3, 0.4) is 0 Å². The van der Waals surface area contributed by atoms with Crippen LogP contribution in [0.1, 0.15) is 12.0 Å². The molecule has 2 fully saturated rings. The Morgan fingerprint density at radius 2 is 1.77 bits per heavy atom. The van der Waals surface area contributed by atoms with Gasteiger partial charge in [0.25, 0.3) is 0 Å². The number of piperazine rings is 2. The maximum atomic E-state index is 12.4. The minimum Gasteiger partial charge on any atom is -0.340 e. The number of nitrogens with one attached hydrogen (secondary N) is 1. The van der Waals surface area contributed by atoms with Crippen LogP contribution in [0.25, 0.3) is 0 Å². The minimum atomic E-state index is 0. The molecule has 0 atom stereocenters. The molecule has 3 rings (SSSR count). The first-order valence-electron chi connectivity index (χ1n) is 8.85. The van der Waals surface area contributed by atoms with Crippen molar-refractivity contribution >= 4 is 35.8 Å². The van der Waals surface area contributed by atoms with E-state index < -0.39 is 0 Å². The second-order valence-electron chi connectivity index (χ2n) is 6.60. The molecular weight excluding hydrogens is 375 g/mol. The van der Waals surface area contributed by atoms with Crippen molar-refractivity contribution in [2.45, 2.75) is 13.0 Å². The lowest BCUT2D eigenvalue weighted by Gasteiger charge is -2.35. The summed E-state index contributed by atoms with van der Waals surface area (Å²) in [5.74, 6) is 0.313. The van der Waals surface area contributed by atoms with E-state index in [1.165, 1.54) is 0 Å². The zero-order chi connectivity index (χ0) is 17.6. The van der Waals surface area contributed by atoms with Gasteiger partial charge >= 0.3 is 0 Å². The highest BCUT2D eigenvalue weighted by atomic mass is 35.5. The zero-order valence-corrected chi connectivity index (χ0v) is 16.4. The molecule has 0 saturated carbocycles. The molecule has 2 heterocycles. The average molecular weight is 401 g/mol. The number of carbonyl (C=O) groups is 2. The molecule has 6 nitrogen and oxygen atoms in total. The first-order chi connectivity index (χ1) is 12.1. The maximum Gasteiger partial charge on any atom is 0.237 e. The summed E-state index contributed by atoms with van der Waals surface area (Å²) in [5.41, 5.74) is 1.08. The number of amides is 2. The number of carbonyl (C=O) groups excluding carboxylic acids is 2. The number of hydrogen-bond acceptors (Lipinski definition) is 4. The van der Waals surface area contributed by atoms with E-state index in [0.29, 0.717) is 37.6 Å². The molecule has 2 aliphatic rings. The number of rotatable bonds is 5. The average Bonchev–Trinajstić information content (AvgIpc) is 2.64. The molecule has 0 radical (unpaired) electrons. The Morgan fingerprint density at radius 3 is 2.42 bits per heavy atom. The predicted molar refractivity (Wildman–Crippen MR) is 105 cm³/mol. The van der Waals surface area contributed by atoms with Gasteiger partial charge in [-0.25, -0.2) is 0 Å². The Labute approximate surface area is 165 Å². The van der Waals surface area contributed by atoms with Crippen molar-refractivity contribution in [1.29, 1.82) is 0 Å². The van der Waals surface area contributed by atoms with Crippen molar-refractivity contribution < 1.29 is 9.59 Å². The molecule has 0 spiro atoms. The lowest BCUT2D eigenvalue weighted by Crippen LogP contribution is -2.51. The largest absolute Gasteiger partial charge is 0.340 e. The van der Waals surface area contributed by atoms with Gasteiger partial charge in [-0.15, -0.1) is 12.4 Å². The van der Waals surface area contributed by atoms with E-state index in [-0.39, 0.29) is 24.2 Å². The van der Waals surface area contributed by atoms with Gasteiger partial charge < -0.3 is 15.1 Å². The molecule has 144 valence electrons. The van der Waals surface area contributed by atoms with Gasteiger partial charge in [0.1, 0.15) is 0 Å². The molecule has 1 aromatic rings. The molecule has 2 aliphatic heterocycles. The molecule has 0 bridgehead atoms. The lowest BCUT2D eigenvalue weighted by molar-refractivity contribution is -0.138. The van der Waals surface area contributed by atoms with Gasteiger partial charge in [0.05, 0.1) is 6.54 Å². The van der Waals surface area contributed by atoms with E-state index in [9.17, 15) is 9.59 Å². The number of halogens is 2. The fraction of sp³-hybridized carbons (Fsp3) is 0.556. The second-order valence-corrected chi connectivity index (χ2v) is 7.04. The summed E-state index contributed by atoms with van der Waals surface area (Å²) in [6.07, 6.45) is 0.491. The van der Waals surface area contributed by atoms with Crippen LogP contribution in [-0.4, -0.2) is 78.9 Å². The normalized spacial score (nSPS) is 18.6. The molecule has 1 aromatic carbocycles. The highest BCUT2D eigenvalue weighted by molar-refractivity contribution is 6.30. The Bertz CT molecular complexity index is 606. The standard InChI is InChI=1S/C18H25ClN4O2.ClH/c19-16-3-1-15(2-4-16)13-23-12-11-21(14-18(23)25)8-5-17(24)22-9-6-20-7-10-22;/h1-4,20H,5-14H2;1H. The van der Waals surface area contributed by atoms with E-state index in [4.69, 9.17) is 11.6 Å². The molecule has 0 aliphatic carbocycles. The van der Waals surface area contributed by atoms with E-state index in [1.807, 2.05) is 34.1 Å². The fourth-order valence-electron chi connectivity index (χ4n) is 3.25. The molecule has 2 saturated heterocycles. The van der Waals surface area contributed by atoms with Crippen molar-refractivity contribution in [2.75, 3.05) is 52.4 Å². The maximum absolute atomic E-state index is 12.4. The van der Waals surface area contributed by atoms with Crippen molar-refractivity contribution in [3.63, 3.8) is 0 Å². The van der Waals surface area contributed by atoms with Crippen LogP contribution in [0, 0.1) is 0 Å². The SMILES string of the molecule is Cl.O=C(CCN1CCN(Cc2ccc(Cl)cc2)C(=O)C1)N1CCNCC1. The third-order valence-corrected chi connectivity index (χ3v) is 5.05. The summed E-state index contributed by atoms with van der Waals surface area (Å²) >= 11 is 5.90. The van der Waals surface area contributed by atoms with Gasteiger partial charge in [-0.05, 0) is 17.7 Å².